The zero-order valence-corrected chi connectivity index (χ0v) is 7.68. The minimum atomic E-state index is 0.386. The van der Waals surface area contributed by atoms with Crippen molar-refractivity contribution in [2.75, 3.05) is 0 Å². The molecule has 67 valence electrons. The van der Waals surface area contributed by atoms with Gasteiger partial charge in [-0.1, -0.05) is 0 Å². The molecule has 4 heteroatoms. The van der Waals surface area contributed by atoms with Gasteiger partial charge < -0.3 is 0 Å². The smallest absolute Gasteiger partial charge is 0.116 e. The Bertz CT molecular complexity index is 359. The number of aromatic nitrogens is 2. The summed E-state index contributed by atoms with van der Waals surface area (Å²) in [6, 6.07) is 0.386. The molecule has 0 aromatic carbocycles. The molecule has 1 aromatic heterocycles. The second-order valence-electron chi connectivity index (χ2n) is 3.21. The minimum Gasteiger partial charge on any atom is -0.270 e. The molecule has 0 unspecified atom stereocenters. The van der Waals surface area contributed by atoms with E-state index in [1.165, 1.54) is 0 Å². The quantitative estimate of drug-likeness (QED) is 0.670. The van der Waals surface area contributed by atoms with E-state index in [1.807, 2.05) is 17.1 Å². The molecule has 1 aliphatic rings. The third-order valence-electron chi connectivity index (χ3n) is 1.89. The molecule has 0 atom stereocenters. The SMILES string of the molecule is CC(C)n1cc(C2=C[N]C=N2)cn1. The summed E-state index contributed by atoms with van der Waals surface area (Å²) < 4.78 is 1.91. The molecule has 0 saturated heterocycles. The average Bonchev–Trinajstić information content (AvgIpc) is 2.75. The average molecular weight is 175 g/mol. The van der Waals surface area contributed by atoms with Crippen molar-refractivity contribution in [3.05, 3.63) is 24.2 Å². The van der Waals surface area contributed by atoms with Crippen molar-refractivity contribution in [2.45, 2.75) is 19.9 Å². The van der Waals surface area contributed by atoms with Crippen LogP contribution >= 0.6 is 0 Å². The predicted octanol–water partition coefficient (Wildman–Crippen LogP) is 1.41. The second-order valence-corrected chi connectivity index (χ2v) is 3.21. The van der Waals surface area contributed by atoms with Crippen molar-refractivity contribution in [1.82, 2.24) is 15.1 Å². The summed E-state index contributed by atoms with van der Waals surface area (Å²) in [5.41, 5.74) is 1.90. The fraction of sp³-hybridized carbons (Fsp3) is 0.333. The molecule has 0 fully saturated rings. The Hall–Kier alpha value is -1.58. The molecule has 1 aromatic rings. The molecule has 1 radical (unpaired) electrons. The van der Waals surface area contributed by atoms with Crippen LogP contribution in [0.25, 0.3) is 5.70 Å². The Morgan fingerprint density at radius 1 is 1.38 bits per heavy atom. The van der Waals surface area contributed by atoms with Crippen molar-refractivity contribution in [3.63, 3.8) is 0 Å². The van der Waals surface area contributed by atoms with E-state index in [-0.39, 0.29) is 0 Å². The first-order valence-electron chi connectivity index (χ1n) is 4.24. The normalized spacial score (nSPS) is 14.8. The van der Waals surface area contributed by atoms with Crippen LogP contribution in [0.3, 0.4) is 0 Å². The molecular formula is C9H11N4. The zero-order valence-electron chi connectivity index (χ0n) is 7.68. The fourth-order valence-electron chi connectivity index (χ4n) is 1.13. The van der Waals surface area contributed by atoms with Gasteiger partial charge in [0, 0.05) is 17.8 Å². The van der Waals surface area contributed by atoms with Gasteiger partial charge in [0.1, 0.15) is 6.34 Å². The summed E-state index contributed by atoms with van der Waals surface area (Å²) in [5.74, 6) is 0. The minimum absolute atomic E-state index is 0.386. The van der Waals surface area contributed by atoms with Crippen LogP contribution in [-0.4, -0.2) is 16.1 Å². The van der Waals surface area contributed by atoms with E-state index in [4.69, 9.17) is 0 Å². The predicted molar refractivity (Wildman–Crippen MR) is 51.2 cm³/mol. The van der Waals surface area contributed by atoms with Crippen LogP contribution in [0.2, 0.25) is 0 Å². The van der Waals surface area contributed by atoms with Crippen molar-refractivity contribution in [2.24, 2.45) is 4.99 Å². The van der Waals surface area contributed by atoms with E-state index in [2.05, 4.69) is 29.3 Å². The lowest BCUT2D eigenvalue weighted by Gasteiger charge is -2.02. The molecule has 0 spiro atoms. The number of rotatable bonds is 2. The van der Waals surface area contributed by atoms with Gasteiger partial charge in [-0.25, -0.2) is 10.3 Å². The zero-order chi connectivity index (χ0) is 9.26. The molecule has 2 rings (SSSR count). The first-order chi connectivity index (χ1) is 6.27. The van der Waals surface area contributed by atoms with Gasteiger partial charge in [-0.05, 0) is 13.8 Å². The monoisotopic (exact) mass is 175 g/mol. The van der Waals surface area contributed by atoms with Crippen LogP contribution in [0.4, 0.5) is 0 Å². The molecule has 1 aliphatic heterocycles. The van der Waals surface area contributed by atoms with E-state index in [0.717, 1.165) is 11.3 Å². The van der Waals surface area contributed by atoms with Crippen molar-refractivity contribution in [1.29, 1.82) is 0 Å². The highest BCUT2D eigenvalue weighted by Gasteiger charge is 2.07. The summed E-state index contributed by atoms with van der Waals surface area (Å²) in [5, 5.41) is 8.13. The standard InChI is InChI=1S/C9H11N4/c1-7(2)13-5-8(3-12-13)9-4-10-6-11-9/h3-7H,1-2H3. The molecule has 0 N–H and O–H groups in total. The molecule has 0 aliphatic carbocycles. The Balaban J connectivity index is 2.27. The lowest BCUT2D eigenvalue weighted by Crippen LogP contribution is -1.99. The second kappa shape index (κ2) is 3.05. The van der Waals surface area contributed by atoms with Crippen LogP contribution in [0.5, 0.6) is 0 Å². The van der Waals surface area contributed by atoms with Gasteiger partial charge in [-0.2, -0.15) is 5.10 Å². The highest BCUT2D eigenvalue weighted by molar-refractivity contribution is 5.78. The molecule has 13 heavy (non-hydrogen) atoms. The molecule has 0 saturated carbocycles. The lowest BCUT2D eigenvalue weighted by atomic mass is 10.3. The van der Waals surface area contributed by atoms with Crippen LogP contribution in [0.15, 0.2) is 23.6 Å². The first kappa shape index (κ1) is 8.04. The van der Waals surface area contributed by atoms with E-state index >= 15 is 0 Å². The highest BCUT2D eigenvalue weighted by Crippen LogP contribution is 2.17. The largest absolute Gasteiger partial charge is 0.270 e. The van der Waals surface area contributed by atoms with Crippen LogP contribution < -0.4 is 5.32 Å². The maximum atomic E-state index is 4.22. The topological polar surface area (TPSA) is 44.3 Å². The van der Waals surface area contributed by atoms with Gasteiger partial charge >= 0.3 is 0 Å². The number of aliphatic imine (C=N–C) groups is 1. The summed E-state index contributed by atoms with van der Waals surface area (Å²) >= 11 is 0. The van der Waals surface area contributed by atoms with Crippen molar-refractivity contribution >= 4 is 12.0 Å². The van der Waals surface area contributed by atoms with Gasteiger partial charge in [-0.15, -0.1) is 0 Å². The Morgan fingerprint density at radius 2 is 2.23 bits per heavy atom. The van der Waals surface area contributed by atoms with Gasteiger partial charge in [-0.3, -0.25) is 4.68 Å². The van der Waals surface area contributed by atoms with Gasteiger partial charge in [0.2, 0.25) is 0 Å². The molecular weight excluding hydrogens is 164 g/mol. The molecule has 2 heterocycles. The lowest BCUT2D eigenvalue weighted by molar-refractivity contribution is 0.532. The third-order valence-corrected chi connectivity index (χ3v) is 1.89. The van der Waals surface area contributed by atoms with Crippen molar-refractivity contribution < 1.29 is 0 Å². The van der Waals surface area contributed by atoms with Gasteiger partial charge in [0.15, 0.2) is 0 Å². The maximum Gasteiger partial charge on any atom is 0.116 e. The number of hydrogen-bond acceptors (Lipinski definition) is 2. The summed E-state index contributed by atoms with van der Waals surface area (Å²) in [4.78, 5) is 4.09. The highest BCUT2D eigenvalue weighted by atomic mass is 15.3. The van der Waals surface area contributed by atoms with E-state index in [1.54, 1.807) is 12.5 Å². The maximum absolute atomic E-state index is 4.22. The Morgan fingerprint density at radius 3 is 2.77 bits per heavy atom. The van der Waals surface area contributed by atoms with Crippen LogP contribution in [-0.2, 0) is 0 Å². The summed E-state index contributed by atoms with van der Waals surface area (Å²) in [7, 11) is 0. The molecule has 0 bridgehead atoms. The van der Waals surface area contributed by atoms with Crippen LogP contribution in [0.1, 0.15) is 25.5 Å². The first-order valence-corrected chi connectivity index (χ1v) is 4.24. The molecule has 0 amide bonds. The van der Waals surface area contributed by atoms with E-state index in [9.17, 15) is 0 Å². The van der Waals surface area contributed by atoms with E-state index in [0.29, 0.717) is 6.04 Å². The Labute approximate surface area is 77.0 Å². The van der Waals surface area contributed by atoms with Gasteiger partial charge in [0.05, 0.1) is 18.1 Å². The summed E-state index contributed by atoms with van der Waals surface area (Å²) in [6.45, 7) is 4.18. The molecule has 4 nitrogen and oxygen atoms in total. The van der Waals surface area contributed by atoms with Crippen molar-refractivity contribution in [3.8, 4) is 0 Å². The Kier molecular flexibility index (Phi) is 1.88. The van der Waals surface area contributed by atoms with E-state index < -0.39 is 0 Å². The third kappa shape index (κ3) is 1.47. The van der Waals surface area contributed by atoms with Gasteiger partial charge in [0.25, 0.3) is 0 Å². The summed E-state index contributed by atoms with van der Waals surface area (Å²) in [6.07, 6.45) is 7.07. The number of nitrogens with zero attached hydrogens (tertiary/aromatic N) is 4. The van der Waals surface area contributed by atoms with Crippen LogP contribution in [0, 0.1) is 0 Å². The number of hydrogen-bond donors (Lipinski definition) is 0. The fourth-order valence-corrected chi connectivity index (χ4v) is 1.13.